The van der Waals surface area contributed by atoms with Crippen molar-refractivity contribution < 1.29 is 4.79 Å². The molecule has 0 spiro atoms. The lowest BCUT2D eigenvalue weighted by Gasteiger charge is -2.14. The molecule has 2 atom stereocenters. The quantitative estimate of drug-likeness (QED) is 0.760. The molecular weight excluding hydrogens is 232 g/mol. The summed E-state index contributed by atoms with van der Waals surface area (Å²) in [6, 6.07) is 10.2. The molecule has 1 amide bonds. The van der Waals surface area contributed by atoms with Gasteiger partial charge in [0.15, 0.2) is 0 Å². The zero-order chi connectivity index (χ0) is 12.7. The summed E-state index contributed by atoms with van der Waals surface area (Å²) in [7, 11) is 0. The van der Waals surface area contributed by atoms with Gasteiger partial charge in [-0.25, -0.2) is 0 Å². The Hall–Kier alpha value is -1.00. The molecule has 0 fully saturated rings. The van der Waals surface area contributed by atoms with Crippen molar-refractivity contribution in [2.75, 3.05) is 13.1 Å². The van der Waals surface area contributed by atoms with E-state index in [0.717, 1.165) is 0 Å². The third kappa shape index (κ3) is 5.24. The third-order valence-electron chi connectivity index (χ3n) is 2.45. The van der Waals surface area contributed by atoms with Gasteiger partial charge in [-0.2, -0.15) is 0 Å². The highest BCUT2D eigenvalue weighted by molar-refractivity contribution is 8.00. The summed E-state index contributed by atoms with van der Waals surface area (Å²) in [4.78, 5) is 12.8. The Labute approximate surface area is 107 Å². The fraction of sp³-hybridized carbons (Fsp3) is 0.462. The van der Waals surface area contributed by atoms with E-state index in [1.54, 1.807) is 11.8 Å². The lowest BCUT2D eigenvalue weighted by Crippen LogP contribution is -2.36. The summed E-state index contributed by atoms with van der Waals surface area (Å²) in [5.41, 5.74) is 5.44. The minimum absolute atomic E-state index is 0.0352. The molecule has 0 aliphatic rings. The van der Waals surface area contributed by atoms with Gasteiger partial charge in [-0.15, -0.1) is 11.8 Å². The summed E-state index contributed by atoms with van der Waals surface area (Å²) < 4.78 is 0. The van der Waals surface area contributed by atoms with Crippen molar-refractivity contribution in [2.24, 2.45) is 11.7 Å². The maximum atomic E-state index is 11.5. The molecule has 0 bridgehead atoms. The lowest BCUT2D eigenvalue weighted by atomic mass is 10.2. The second-order valence-corrected chi connectivity index (χ2v) is 5.64. The molecule has 0 heterocycles. The Morgan fingerprint density at radius 2 is 2.00 bits per heavy atom. The fourth-order valence-corrected chi connectivity index (χ4v) is 2.24. The first-order chi connectivity index (χ1) is 8.13. The Balaban J connectivity index is 2.31. The number of nitrogens with two attached hydrogens (primary N) is 1. The highest BCUT2D eigenvalue weighted by Crippen LogP contribution is 2.21. The van der Waals surface area contributed by atoms with E-state index in [1.807, 2.05) is 25.1 Å². The number of rotatable bonds is 6. The number of carbonyl (C=O) groups is 1. The molecule has 94 valence electrons. The second kappa shape index (κ2) is 7.35. The zero-order valence-electron chi connectivity index (χ0n) is 10.3. The van der Waals surface area contributed by atoms with Gasteiger partial charge in [0, 0.05) is 29.2 Å². The molecule has 0 aliphatic carbocycles. The number of benzene rings is 1. The van der Waals surface area contributed by atoms with Gasteiger partial charge in [-0.3, -0.25) is 4.79 Å². The highest BCUT2D eigenvalue weighted by Gasteiger charge is 2.12. The number of nitrogens with one attached hydrogen (secondary N) is 1. The van der Waals surface area contributed by atoms with Crippen LogP contribution >= 0.6 is 11.8 Å². The molecule has 4 heteroatoms. The van der Waals surface area contributed by atoms with E-state index in [2.05, 4.69) is 24.4 Å². The van der Waals surface area contributed by atoms with E-state index in [-0.39, 0.29) is 11.8 Å². The Morgan fingerprint density at radius 1 is 1.35 bits per heavy atom. The predicted molar refractivity (Wildman–Crippen MR) is 73.0 cm³/mol. The Bertz CT molecular complexity index is 343. The number of hydrogen-bond acceptors (Lipinski definition) is 3. The third-order valence-corrected chi connectivity index (χ3v) is 3.56. The van der Waals surface area contributed by atoms with E-state index < -0.39 is 0 Å². The van der Waals surface area contributed by atoms with Crippen LogP contribution in [0, 0.1) is 5.92 Å². The first-order valence-corrected chi connectivity index (χ1v) is 6.71. The molecule has 0 aromatic heterocycles. The summed E-state index contributed by atoms with van der Waals surface area (Å²) in [5, 5.41) is 3.27. The molecule has 1 aromatic rings. The SMILES string of the molecule is CC(CNC(=O)C(C)CN)Sc1ccccc1. The first-order valence-electron chi connectivity index (χ1n) is 5.83. The van der Waals surface area contributed by atoms with Gasteiger partial charge < -0.3 is 11.1 Å². The van der Waals surface area contributed by atoms with Crippen LogP contribution in [0.2, 0.25) is 0 Å². The summed E-state index contributed by atoms with van der Waals surface area (Å²) in [6.45, 7) is 5.00. The largest absolute Gasteiger partial charge is 0.355 e. The highest BCUT2D eigenvalue weighted by atomic mass is 32.2. The van der Waals surface area contributed by atoms with E-state index >= 15 is 0 Å². The molecular formula is C13H20N2OS. The van der Waals surface area contributed by atoms with Crippen molar-refractivity contribution in [3.63, 3.8) is 0 Å². The van der Waals surface area contributed by atoms with Gasteiger partial charge in [0.05, 0.1) is 0 Å². The molecule has 1 aromatic carbocycles. The Morgan fingerprint density at radius 3 is 2.59 bits per heavy atom. The molecule has 17 heavy (non-hydrogen) atoms. The topological polar surface area (TPSA) is 55.1 Å². The normalized spacial score (nSPS) is 14.1. The minimum Gasteiger partial charge on any atom is -0.355 e. The van der Waals surface area contributed by atoms with E-state index in [9.17, 15) is 4.79 Å². The van der Waals surface area contributed by atoms with Crippen molar-refractivity contribution in [2.45, 2.75) is 24.0 Å². The molecule has 0 saturated carbocycles. The van der Waals surface area contributed by atoms with E-state index in [4.69, 9.17) is 5.73 Å². The van der Waals surface area contributed by atoms with Crippen LogP contribution in [0.5, 0.6) is 0 Å². The number of carbonyl (C=O) groups excluding carboxylic acids is 1. The summed E-state index contributed by atoms with van der Waals surface area (Å²) >= 11 is 1.76. The van der Waals surface area contributed by atoms with Gasteiger partial charge in [0.25, 0.3) is 0 Å². The number of thioether (sulfide) groups is 1. The standard InChI is InChI=1S/C13H20N2OS/c1-10(8-14)13(16)15-9-11(2)17-12-6-4-3-5-7-12/h3-7,10-11H,8-9,14H2,1-2H3,(H,15,16). The molecule has 3 nitrogen and oxygen atoms in total. The first kappa shape index (κ1) is 14.1. The molecule has 3 N–H and O–H groups in total. The molecule has 0 aliphatic heterocycles. The zero-order valence-corrected chi connectivity index (χ0v) is 11.2. The second-order valence-electron chi connectivity index (χ2n) is 4.12. The predicted octanol–water partition coefficient (Wildman–Crippen LogP) is 1.88. The average molecular weight is 252 g/mol. The summed E-state index contributed by atoms with van der Waals surface area (Å²) in [5.74, 6) is -0.0723. The van der Waals surface area contributed by atoms with Crippen molar-refractivity contribution in [3.05, 3.63) is 30.3 Å². The molecule has 0 saturated heterocycles. The average Bonchev–Trinajstić information content (AvgIpc) is 2.36. The van der Waals surface area contributed by atoms with Crippen molar-refractivity contribution in [1.29, 1.82) is 0 Å². The van der Waals surface area contributed by atoms with Crippen molar-refractivity contribution in [1.82, 2.24) is 5.32 Å². The van der Waals surface area contributed by atoms with Gasteiger partial charge in [0.2, 0.25) is 5.91 Å². The van der Waals surface area contributed by atoms with Crippen molar-refractivity contribution in [3.8, 4) is 0 Å². The molecule has 0 radical (unpaired) electrons. The Kier molecular flexibility index (Phi) is 6.08. The van der Waals surface area contributed by atoms with Crippen LogP contribution in [0.4, 0.5) is 0 Å². The van der Waals surface area contributed by atoms with Crippen LogP contribution in [0.25, 0.3) is 0 Å². The maximum absolute atomic E-state index is 11.5. The summed E-state index contributed by atoms with van der Waals surface area (Å²) in [6.07, 6.45) is 0. The lowest BCUT2D eigenvalue weighted by molar-refractivity contribution is -0.124. The fourth-order valence-electron chi connectivity index (χ4n) is 1.30. The monoisotopic (exact) mass is 252 g/mol. The molecule has 1 rings (SSSR count). The molecule has 2 unspecified atom stereocenters. The van der Waals surface area contributed by atoms with Crippen LogP contribution in [0.15, 0.2) is 35.2 Å². The van der Waals surface area contributed by atoms with Crippen LogP contribution < -0.4 is 11.1 Å². The van der Waals surface area contributed by atoms with Crippen LogP contribution in [-0.4, -0.2) is 24.2 Å². The van der Waals surface area contributed by atoms with E-state index in [1.165, 1.54) is 4.90 Å². The smallest absolute Gasteiger partial charge is 0.224 e. The van der Waals surface area contributed by atoms with Crippen LogP contribution in [-0.2, 0) is 4.79 Å². The van der Waals surface area contributed by atoms with Gasteiger partial charge in [-0.1, -0.05) is 32.0 Å². The van der Waals surface area contributed by atoms with Crippen LogP contribution in [0.1, 0.15) is 13.8 Å². The van der Waals surface area contributed by atoms with Gasteiger partial charge in [0.1, 0.15) is 0 Å². The maximum Gasteiger partial charge on any atom is 0.224 e. The van der Waals surface area contributed by atoms with Crippen LogP contribution in [0.3, 0.4) is 0 Å². The van der Waals surface area contributed by atoms with Gasteiger partial charge in [-0.05, 0) is 12.1 Å². The minimum atomic E-state index is -0.107. The van der Waals surface area contributed by atoms with Crippen molar-refractivity contribution >= 4 is 17.7 Å². The van der Waals surface area contributed by atoms with Gasteiger partial charge >= 0.3 is 0 Å². The number of hydrogen-bond donors (Lipinski definition) is 2. The van der Waals surface area contributed by atoms with E-state index in [0.29, 0.717) is 18.3 Å². The number of amides is 1.